The van der Waals surface area contributed by atoms with Gasteiger partial charge in [-0.2, -0.15) is 4.99 Å². The number of carbonyl (C=O) groups is 1. The summed E-state index contributed by atoms with van der Waals surface area (Å²) in [5.41, 5.74) is 0.867. The van der Waals surface area contributed by atoms with Crippen LogP contribution in [0.3, 0.4) is 0 Å². The van der Waals surface area contributed by atoms with Gasteiger partial charge in [-0.15, -0.1) is 0 Å². The van der Waals surface area contributed by atoms with E-state index in [0.717, 1.165) is 10.2 Å². The van der Waals surface area contributed by atoms with Crippen LogP contribution in [0.4, 0.5) is 4.39 Å². The van der Waals surface area contributed by atoms with E-state index in [1.54, 1.807) is 6.07 Å². The lowest BCUT2D eigenvalue weighted by molar-refractivity contribution is -0.116. The lowest BCUT2D eigenvalue weighted by Gasteiger charge is -2.05. The molecular formula is C13H15FN2O2S. The minimum Gasteiger partial charge on any atom is -0.380 e. The number of carbonyl (C=O) groups excluding carboxylic acids is 1. The molecule has 1 amide bonds. The van der Waals surface area contributed by atoms with Crippen molar-refractivity contribution in [3.8, 4) is 0 Å². The Labute approximate surface area is 114 Å². The summed E-state index contributed by atoms with van der Waals surface area (Å²) in [6.45, 7) is 5.08. The van der Waals surface area contributed by atoms with Crippen molar-refractivity contribution in [1.82, 2.24) is 4.57 Å². The molecule has 1 heterocycles. The van der Waals surface area contributed by atoms with Gasteiger partial charge in [0.25, 0.3) is 0 Å². The Kier molecular flexibility index (Phi) is 4.44. The highest BCUT2D eigenvalue weighted by Crippen LogP contribution is 2.18. The predicted octanol–water partition coefficient (Wildman–Crippen LogP) is 2.33. The maximum atomic E-state index is 13.2. The molecule has 1 aromatic heterocycles. The van der Waals surface area contributed by atoms with E-state index in [9.17, 15) is 9.18 Å². The number of amides is 1. The van der Waals surface area contributed by atoms with E-state index in [-0.39, 0.29) is 11.7 Å². The molecule has 0 spiro atoms. The minimum absolute atomic E-state index is 0.266. The Balaban J connectivity index is 2.52. The summed E-state index contributed by atoms with van der Waals surface area (Å²) in [5.74, 6) is -0.558. The number of hydrogen-bond acceptors (Lipinski definition) is 3. The smallest absolute Gasteiger partial charge is 0.245 e. The fourth-order valence-electron chi connectivity index (χ4n) is 1.78. The highest BCUT2D eigenvalue weighted by Gasteiger charge is 2.07. The van der Waals surface area contributed by atoms with E-state index in [4.69, 9.17) is 4.74 Å². The highest BCUT2D eigenvalue weighted by molar-refractivity contribution is 7.16. The molecule has 0 radical (unpaired) electrons. The van der Waals surface area contributed by atoms with E-state index >= 15 is 0 Å². The third-order valence-corrected chi connectivity index (χ3v) is 3.60. The van der Waals surface area contributed by atoms with Gasteiger partial charge >= 0.3 is 0 Å². The van der Waals surface area contributed by atoms with Crippen LogP contribution in [0.2, 0.25) is 0 Å². The number of rotatable bonds is 4. The van der Waals surface area contributed by atoms with Crippen molar-refractivity contribution in [2.75, 3.05) is 13.2 Å². The zero-order valence-electron chi connectivity index (χ0n) is 10.9. The SMILES string of the molecule is CCOCCn1c(=NC(C)=O)sc2cc(F)ccc21. The maximum Gasteiger partial charge on any atom is 0.245 e. The molecule has 6 heteroatoms. The summed E-state index contributed by atoms with van der Waals surface area (Å²) in [5, 5.41) is 0. The molecule has 0 saturated carbocycles. The molecule has 0 saturated heterocycles. The molecule has 1 aromatic carbocycles. The van der Waals surface area contributed by atoms with Crippen LogP contribution in [-0.2, 0) is 16.1 Å². The van der Waals surface area contributed by atoms with Gasteiger partial charge < -0.3 is 9.30 Å². The molecule has 0 atom stereocenters. The Bertz CT molecular complexity index is 660. The zero-order chi connectivity index (χ0) is 13.8. The van der Waals surface area contributed by atoms with E-state index in [2.05, 4.69) is 4.99 Å². The van der Waals surface area contributed by atoms with Gasteiger partial charge in [0.05, 0.1) is 16.8 Å². The Hall–Kier alpha value is -1.53. The first kappa shape index (κ1) is 13.9. The number of hydrogen-bond donors (Lipinski definition) is 0. The summed E-state index contributed by atoms with van der Waals surface area (Å²) >= 11 is 1.30. The average Bonchev–Trinajstić information content (AvgIpc) is 2.66. The van der Waals surface area contributed by atoms with Crippen LogP contribution in [0.1, 0.15) is 13.8 Å². The molecule has 4 nitrogen and oxygen atoms in total. The molecule has 0 N–H and O–H groups in total. The molecule has 0 fully saturated rings. The van der Waals surface area contributed by atoms with Crippen molar-refractivity contribution in [3.63, 3.8) is 0 Å². The minimum atomic E-state index is -0.292. The van der Waals surface area contributed by atoms with Crippen molar-refractivity contribution < 1.29 is 13.9 Å². The molecule has 0 aliphatic rings. The lowest BCUT2D eigenvalue weighted by Crippen LogP contribution is -2.19. The Morgan fingerprint density at radius 2 is 2.32 bits per heavy atom. The molecule has 0 aliphatic carbocycles. The van der Waals surface area contributed by atoms with Crippen LogP contribution >= 0.6 is 11.3 Å². The van der Waals surface area contributed by atoms with Crippen LogP contribution < -0.4 is 4.80 Å². The van der Waals surface area contributed by atoms with Crippen molar-refractivity contribution in [2.24, 2.45) is 4.99 Å². The third-order valence-electron chi connectivity index (χ3n) is 2.56. The van der Waals surface area contributed by atoms with Gasteiger partial charge in [0.15, 0.2) is 4.80 Å². The van der Waals surface area contributed by atoms with Crippen LogP contribution in [0.25, 0.3) is 10.2 Å². The first-order valence-corrected chi connectivity index (χ1v) is 6.85. The van der Waals surface area contributed by atoms with Gasteiger partial charge in [0.1, 0.15) is 5.82 Å². The van der Waals surface area contributed by atoms with E-state index < -0.39 is 0 Å². The number of benzene rings is 1. The Morgan fingerprint density at radius 1 is 1.53 bits per heavy atom. The van der Waals surface area contributed by atoms with Crippen molar-refractivity contribution >= 4 is 27.5 Å². The van der Waals surface area contributed by atoms with E-state index in [1.807, 2.05) is 11.5 Å². The van der Waals surface area contributed by atoms with Gasteiger partial charge in [-0.3, -0.25) is 4.79 Å². The molecular weight excluding hydrogens is 267 g/mol. The second-order valence-corrected chi connectivity index (χ2v) is 4.99. The number of nitrogens with zero attached hydrogens (tertiary/aromatic N) is 2. The monoisotopic (exact) mass is 282 g/mol. The summed E-state index contributed by atoms with van der Waals surface area (Å²) in [7, 11) is 0. The van der Waals surface area contributed by atoms with Crippen molar-refractivity contribution in [3.05, 3.63) is 28.8 Å². The van der Waals surface area contributed by atoms with Crippen LogP contribution in [0.15, 0.2) is 23.2 Å². The average molecular weight is 282 g/mol. The van der Waals surface area contributed by atoms with Crippen LogP contribution in [0.5, 0.6) is 0 Å². The largest absolute Gasteiger partial charge is 0.380 e. The van der Waals surface area contributed by atoms with E-state index in [1.165, 1.54) is 30.4 Å². The number of fused-ring (bicyclic) bond motifs is 1. The predicted molar refractivity (Wildman–Crippen MR) is 72.5 cm³/mol. The number of thiazole rings is 1. The molecule has 2 rings (SSSR count). The van der Waals surface area contributed by atoms with Gasteiger partial charge in [-0.1, -0.05) is 11.3 Å². The summed E-state index contributed by atoms with van der Waals surface area (Å²) < 4.78 is 21.2. The quantitative estimate of drug-likeness (QED) is 0.808. The first-order valence-electron chi connectivity index (χ1n) is 6.03. The summed E-state index contributed by atoms with van der Waals surface area (Å²) in [6, 6.07) is 4.56. The van der Waals surface area contributed by atoms with Crippen LogP contribution in [-0.4, -0.2) is 23.7 Å². The normalized spacial score (nSPS) is 12.3. The van der Waals surface area contributed by atoms with Crippen molar-refractivity contribution in [2.45, 2.75) is 20.4 Å². The van der Waals surface area contributed by atoms with Gasteiger partial charge in [-0.05, 0) is 25.1 Å². The zero-order valence-corrected chi connectivity index (χ0v) is 11.7. The standard InChI is InChI=1S/C13H15FN2O2S/c1-3-18-7-6-16-11-5-4-10(14)8-12(11)19-13(16)15-9(2)17/h4-5,8H,3,6-7H2,1-2H3. The molecule has 102 valence electrons. The van der Waals surface area contributed by atoms with Crippen molar-refractivity contribution in [1.29, 1.82) is 0 Å². The van der Waals surface area contributed by atoms with Gasteiger partial charge in [0.2, 0.25) is 5.91 Å². The number of ether oxygens (including phenoxy) is 1. The second kappa shape index (κ2) is 6.08. The second-order valence-electron chi connectivity index (χ2n) is 3.98. The topological polar surface area (TPSA) is 43.6 Å². The molecule has 2 aromatic rings. The fraction of sp³-hybridized carbons (Fsp3) is 0.385. The van der Waals surface area contributed by atoms with Gasteiger partial charge in [0, 0.05) is 20.1 Å². The summed E-state index contributed by atoms with van der Waals surface area (Å²) in [4.78, 5) is 15.7. The molecule has 0 unspecified atom stereocenters. The van der Waals surface area contributed by atoms with E-state index in [0.29, 0.717) is 24.6 Å². The van der Waals surface area contributed by atoms with Crippen LogP contribution in [0, 0.1) is 5.82 Å². The lowest BCUT2D eigenvalue weighted by atomic mass is 10.3. The summed E-state index contributed by atoms with van der Waals surface area (Å²) in [6.07, 6.45) is 0. The Morgan fingerprint density at radius 3 is 3.00 bits per heavy atom. The highest BCUT2D eigenvalue weighted by atomic mass is 32.1. The molecule has 0 aliphatic heterocycles. The first-order chi connectivity index (χ1) is 9.11. The maximum absolute atomic E-state index is 13.2. The fourth-order valence-corrected chi connectivity index (χ4v) is 2.91. The third kappa shape index (κ3) is 3.27. The molecule has 19 heavy (non-hydrogen) atoms. The number of halogens is 1. The van der Waals surface area contributed by atoms with Gasteiger partial charge in [-0.25, -0.2) is 4.39 Å². The molecule has 0 bridgehead atoms. The number of aromatic nitrogens is 1.